The Morgan fingerprint density at radius 1 is 0.935 bits per heavy atom. The molecule has 2 rings (SSSR count). The summed E-state index contributed by atoms with van der Waals surface area (Å²) >= 11 is 0. The molecule has 0 heterocycles. The molecule has 0 radical (unpaired) electrons. The van der Waals surface area contributed by atoms with E-state index >= 15 is 0 Å². The molecule has 2 aromatic rings. The van der Waals surface area contributed by atoms with Gasteiger partial charge in [-0.3, -0.25) is 4.79 Å². The molecule has 0 saturated heterocycles. The summed E-state index contributed by atoms with van der Waals surface area (Å²) in [7, 11) is 1.46. The third-order valence-corrected chi connectivity index (χ3v) is 4.16. The predicted molar refractivity (Wildman–Crippen MR) is 115 cm³/mol. The molecular formula is C24H24O7. The van der Waals surface area contributed by atoms with Crippen molar-refractivity contribution in [3.05, 3.63) is 76.9 Å². The van der Waals surface area contributed by atoms with Gasteiger partial charge in [0.2, 0.25) is 0 Å². The quantitative estimate of drug-likeness (QED) is 0.459. The number of carboxylic acids is 1. The van der Waals surface area contributed by atoms with Crippen LogP contribution in [0.5, 0.6) is 5.75 Å². The number of carbonyl (C=O) groups excluding carboxylic acids is 2. The molecule has 0 aliphatic carbocycles. The number of hydrogen-bond acceptors (Lipinski definition) is 6. The van der Waals surface area contributed by atoms with Crippen LogP contribution in [0.25, 0.3) is 12.2 Å². The largest absolute Gasteiger partial charge is 0.497 e. The molecule has 1 N–H and O–H groups in total. The fraction of sp³-hybridized carbons (Fsp3) is 0.208. The summed E-state index contributed by atoms with van der Waals surface area (Å²) in [5, 5.41) is 9.33. The lowest BCUT2D eigenvalue weighted by Gasteiger charge is -2.12. The van der Waals surface area contributed by atoms with Crippen LogP contribution in [0, 0.1) is 0 Å². The summed E-state index contributed by atoms with van der Waals surface area (Å²) in [5.74, 6) is -1.74. The second-order valence-electron chi connectivity index (χ2n) is 6.37. The van der Waals surface area contributed by atoms with E-state index in [4.69, 9.17) is 14.2 Å². The predicted octanol–water partition coefficient (Wildman–Crippen LogP) is 3.66. The van der Waals surface area contributed by atoms with Gasteiger partial charge in [0.05, 0.1) is 20.1 Å². The second kappa shape index (κ2) is 12.0. The fourth-order valence-electron chi connectivity index (χ4n) is 2.74. The summed E-state index contributed by atoms with van der Waals surface area (Å²) < 4.78 is 15.4. The summed E-state index contributed by atoms with van der Waals surface area (Å²) in [4.78, 5) is 35.2. The number of benzene rings is 2. The standard InChI is InChI=1S/C24H24O7/c1-3-30-23(27)11-9-18-13-20(29-2)14-19(21(18)15-22(25)26)10-12-24(28)31-16-17-7-5-4-6-8-17/h4-14H,3,15-16H2,1-2H3,(H,25,26)/b11-9+,12-10+. The third-order valence-electron chi connectivity index (χ3n) is 4.16. The average molecular weight is 424 g/mol. The number of methoxy groups -OCH3 is 1. The van der Waals surface area contributed by atoms with Crippen LogP contribution in [0.4, 0.5) is 0 Å². The van der Waals surface area contributed by atoms with Gasteiger partial charge in [0.25, 0.3) is 0 Å². The molecule has 31 heavy (non-hydrogen) atoms. The summed E-state index contributed by atoms with van der Waals surface area (Å²) in [5.41, 5.74) is 2.19. The highest BCUT2D eigenvalue weighted by molar-refractivity contribution is 5.90. The lowest BCUT2D eigenvalue weighted by molar-refractivity contribution is -0.139. The van der Waals surface area contributed by atoms with Crippen LogP contribution in [0.1, 0.15) is 29.2 Å². The molecule has 2 aromatic carbocycles. The van der Waals surface area contributed by atoms with Crippen molar-refractivity contribution in [1.82, 2.24) is 0 Å². The van der Waals surface area contributed by atoms with Gasteiger partial charge in [-0.1, -0.05) is 30.3 Å². The molecule has 0 aliphatic heterocycles. The monoisotopic (exact) mass is 424 g/mol. The lowest BCUT2D eigenvalue weighted by atomic mass is 9.96. The van der Waals surface area contributed by atoms with Crippen molar-refractivity contribution in [2.75, 3.05) is 13.7 Å². The fourth-order valence-corrected chi connectivity index (χ4v) is 2.74. The highest BCUT2D eigenvalue weighted by Gasteiger charge is 2.13. The molecule has 0 amide bonds. The number of ether oxygens (including phenoxy) is 3. The average Bonchev–Trinajstić information content (AvgIpc) is 2.76. The Kier molecular flexibility index (Phi) is 9.04. The normalized spacial score (nSPS) is 10.9. The molecule has 0 spiro atoms. The van der Waals surface area contributed by atoms with Crippen LogP contribution in [-0.4, -0.2) is 36.7 Å². The first kappa shape index (κ1) is 23.4. The zero-order valence-electron chi connectivity index (χ0n) is 17.4. The van der Waals surface area contributed by atoms with Crippen LogP contribution >= 0.6 is 0 Å². The zero-order chi connectivity index (χ0) is 22.6. The first-order valence-corrected chi connectivity index (χ1v) is 9.59. The molecule has 7 nitrogen and oxygen atoms in total. The van der Waals surface area contributed by atoms with E-state index in [0.29, 0.717) is 22.4 Å². The Hall–Kier alpha value is -3.87. The highest BCUT2D eigenvalue weighted by Crippen LogP contribution is 2.26. The van der Waals surface area contributed by atoms with E-state index in [1.54, 1.807) is 19.1 Å². The van der Waals surface area contributed by atoms with Crippen molar-refractivity contribution >= 4 is 30.1 Å². The smallest absolute Gasteiger partial charge is 0.331 e. The third kappa shape index (κ3) is 7.81. The second-order valence-corrected chi connectivity index (χ2v) is 6.37. The van der Waals surface area contributed by atoms with Crippen LogP contribution in [0.2, 0.25) is 0 Å². The van der Waals surface area contributed by atoms with Gasteiger partial charge in [-0.2, -0.15) is 0 Å². The SMILES string of the molecule is CCOC(=O)/C=C/c1cc(OC)cc(/C=C/C(=O)OCc2ccccc2)c1CC(=O)O. The van der Waals surface area contributed by atoms with Gasteiger partial charge in [0.1, 0.15) is 12.4 Å². The minimum absolute atomic E-state index is 0.123. The van der Waals surface area contributed by atoms with Crippen molar-refractivity contribution in [2.45, 2.75) is 20.0 Å². The van der Waals surface area contributed by atoms with Gasteiger partial charge in [0, 0.05) is 12.2 Å². The summed E-state index contributed by atoms with van der Waals surface area (Å²) in [6.45, 7) is 2.03. The Labute approximate surface area is 180 Å². The molecule has 0 atom stereocenters. The summed E-state index contributed by atoms with van der Waals surface area (Å²) in [6.07, 6.45) is 5.05. The van der Waals surface area contributed by atoms with E-state index < -0.39 is 17.9 Å². The maximum absolute atomic E-state index is 12.1. The first-order valence-electron chi connectivity index (χ1n) is 9.59. The Morgan fingerprint density at radius 2 is 1.52 bits per heavy atom. The lowest BCUT2D eigenvalue weighted by Crippen LogP contribution is -2.06. The number of hydrogen-bond donors (Lipinski definition) is 1. The molecule has 0 bridgehead atoms. The Morgan fingerprint density at radius 3 is 2.03 bits per heavy atom. The van der Waals surface area contributed by atoms with Crippen LogP contribution in [0.15, 0.2) is 54.6 Å². The molecule has 0 aromatic heterocycles. The summed E-state index contributed by atoms with van der Waals surface area (Å²) in [6, 6.07) is 12.5. The molecule has 0 saturated carbocycles. The maximum atomic E-state index is 12.1. The van der Waals surface area contributed by atoms with Crippen LogP contribution in [0.3, 0.4) is 0 Å². The van der Waals surface area contributed by atoms with Crippen molar-refractivity contribution in [3.63, 3.8) is 0 Å². The number of carboxylic acid groups (broad SMARTS) is 1. The topological polar surface area (TPSA) is 99.1 Å². The maximum Gasteiger partial charge on any atom is 0.331 e. The van der Waals surface area contributed by atoms with Gasteiger partial charge in [-0.05, 0) is 53.5 Å². The molecule has 7 heteroatoms. The molecular weight excluding hydrogens is 400 g/mol. The first-order chi connectivity index (χ1) is 14.9. The van der Waals surface area contributed by atoms with E-state index in [1.165, 1.54) is 31.4 Å². The minimum atomic E-state index is -1.06. The number of carbonyl (C=O) groups is 3. The molecule has 162 valence electrons. The number of aliphatic carboxylic acids is 1. The molecule has 0 fully saturated rings. The van der Waals surface area contributed by atoms with Crippen LogP contribution < -0.4 is 4.74 Å². The Bertz CT molecular complexity index is 975. The van der Waals surface area contributed by atoms with Gasteiger partial charge >= 0.3 is 17.9 Å². The minimum Gasteiger partial charge on any atom is -0.497 e. The van der Waals surface area contributed by atoms with Gasteiger partial charge in [-0.15, -0.1) is 0 Å². The van der Waals surface area contributed by atoms with E-state index in [2.05, 4.69) is 0 Å². The van der Waals surface area contributed by atoms with E-state index in [1.807, 2.05) is 30.3 Å². The number of rotatable bonds is 10. The van der Waals surface area contributed by atoms with Crippen molar-refractivity contribution in [1.29, 1.82) is 0 Å². The van der Waals surface area contributed by atoms with Crippen molar-refractivity contribution in [3.8, 4) is 5.75 Å². The van der Waals surface area contributed by atoms with Crippen molar-refractivity contribution < 1.29 is 33.7 Å². The van der Waals surface area contributed by atoms with Crippen molar-refractivity contribution in [2.24, 2.45) is 0 Å². The highest BCUT2D eigenvalue weighted by atomic mass is 16.5. The number of esters is 2. The van der Waals surface area contributed by atoms with E-state index in [-0.39, 0.29) is 19.6 Å². The molecule has 0 aliphatic rings. The van der Waals surface area contributed by atoms with Gasteiger partial charge in [0.15, 0.2) is 0 Å². The van der Waals surface area contributed by atoms with Gasteiger partial charge < -0.3 is 19.3 Å². The van der Waals surface area contributed by atoms with Gasteiger partial charge in [-0.25, -0.2) is 9.59 Å². The van der Waals surface area contributed by atoms with E-state index in [9.17, 15) is 19.5 Å². The zero-order valence-corrected chi connectivity index (χ0v) is 17.4. The van der Waals surface area contributed by atoms with Crippen LogP contribution in [-0.2, 0) is 36.9 Å². The van der Waals surface area contributed by atoms with E-state index in [0.717, 1.165) is 5.56 Å². The Balaban J connectivity index is 2.29. The molecule has 0 unspecified atom stereocenters.